The van der Waals surface area contributed by atoms with Crippen LogP contribution in [0, 0.1) is 0 Å². The summed E-state index contributed by atoms with van der Waals surface area (Å²) in [5.41, 5.74) is 0.644. The van der Waals surface area contributed by atoms with E-state index in [0.717, 1.165) is 0 Å². The summed E-state index contributed by atoms with van der Waals surface area (Å²) in [5, 5.41) is 7.73. The predicted molar refractivity (Wildman–Crippen MR) is 93.9 cm³/mol. The number of fused-ring (bicyclic) bond motifs is 2. The van der Waals surface area contributed by atoms with Gasteiger partial charge in [0.15, 0.2) is 5.65 Å². The standard InChI is InChI=1S/C17H13N5O4/c1-21-16-12(7-19-21)17(25)22(9-18-16)8-14(23)20-11-3-4-13-10(6-11)2-5-15(24)26-13/h2-7,9H,8H2,1H3,(H,20,23). The second kappa shape index (κ2) is 5.96. The molecule has 0 atom stereocenters. The van der Waals surface area contributed by atoms with Gasteiger partial charge in [-0.3, -0.25) is 18.8 Å². The van der Waals surface area contributed by atoms with Gasteiger partial charge in [0, 0.05) is 24.2 Å². The van der Waals surface area contributed by atoms with Crippen LogP contribution in [-0.4, -0.2) is 25.2 Å². The van der Waals surface area contributed by atoms with E-state index in [0.29, 0.717) is 27.7 Å². The molecule has 0 unspecified atom stereocenters. The van der Waals surface area contributed by atoms with E-state index in [1.54, 1.807) is 31.3 Å². The fraction of sp³-hybridized carbons (Fsp3) is 0.118. The molecule has 0 aliphatic heterocycles. The van der Waals surface area contributed by atoms with E-state index in [4.69, 9.17) is 4.42 Å². The first-order valence-electron chi connectivity index (χ1n) is 7.72. The molecule has 26 heavy (non-hydrogen) atoms. The second-order valence-electron chi connectivity index (χ2n) is 5.74. The molecular weight excluding hydrogens is 338 g/mol. The number of aromatic nitrogens is 4. The molecule has 0 aliphatic carbocycles. The Bertz CT molecular complexity index is 1270. The van der Waals surface area contributed by atoms with Crippen LogP contribution in [-0.2, 0) is 18.4 Å². The van der Waals surface area contributed by atoms with Gasteiger partial charge < -0.3 is 9.73 Å². The van der Waals surface area contributed by atoms with Crippen LogP contribution in [0.1, 0.15) is 0 Å². The molecule has 130 valence electrons. The van der Waals surface area contributed by atoms with E-state index in [1.807, 2.05) is 0 Å². The third kappa shape index (κ3) is 2.75. The Morgan fingerprint density at radius 1 is 1.23 bits per heavy atom. The monoisotopic (exact) mass is 351 g/mol. The Morgan fingerprint density at radius 2 is 2.08 bits per heavy atom. The van der Waals surface area contributed by atoms with Gasteiger partial charge in [-0.25, -0.2) is 9.78 Å². The van der Waals surface area contributed by atoms with Crippen molar-refractivity contribution in [3.05, 3.63) is 63.6 Å². The van der Waals surface area contributed by atoms with Crippen molar-refractivity contribution in [1.82, 2.24) is 19.3 Å². The molecular formula is C17H13N5O4. The van der Waals surface area contributed by atoms with Crippen LogP contribution in [0.5, 0.6) is 0 Å². The number of benzene rings is 1. The summed E-state index contributed by atoms with van der Waals surface area (Å²) in [6.45, 7) is -0.182. The van der Waals surface area contributed by atoms with Crippen LogP contribution in [0.3, 0.4) is 0 Å². The predicted octanol–water partition coefficient (Wildman–Crippen LogP) is 0.875. The van der Waals surface area contributed by atoms with Gasteiger partial charge in [-0.2, -0.15) is 5.10 Å². The zero-order valence-electron chi connectivity index (χ0n) is 13.7. The van der Waals surface area contributed by atoms with Crippen molar-refractivity contribution in [1.29, 1.82) is 0 Å². The summed E-state index contributed by atoms with van der Waals surface area (Å²) < 4.78 is 7.76. The topological polar surface area (TPSA) is 112 Å². The molecule has 1 aromatic carbocycles. The Balaban J connectivity index is 1.57. The van der Waals surface area contributed by atoms with Crippen LogP contribution in [0.2, 0.25) is 0 Å². The Hall–Kier alpha value is -3.75. The lowest BCUT2D eigenvalue weighted by Crippen LogP contribution is -2.27. The van der Waals surface area contributed by atoms with Crippen molar-refractivity contribution in [3.63, 3.8) is 0 Å². The molecule has 4 aromatic rings. The van der Waals surface area contributed by atoms with E-state index in [1.165, 1.54) is 27.8 Å². The molecule has 3 aromatic heterocycles. The number of hydrogen-bond acceptors (Lipinski definition) is 6. The van der Waals surface area contributed by atoms with E-state index in [9.17, 15) is 14.4 Å². The number of amides is 1. The fourth-order valence-corrected chi connectivity index (χ4v) is 2.68. The average molecular weight is 351 g/mol. The lowest BCUT2D eigenvalue weighted by Gasteiger charge is -2.08. The maximum absolute atomic E-state index is 12.4. The first-order valence-corrected chi connectivity index (χ1v) is 7.72. The van der Waals surface area contributed by atoms with Crippen molar-refractivity contribution in [2.75, 3.05) is 5.32 Å². The largest absolute Gasteiger partial charge is 0.423 e. The molecule has 0 aliphatic rings. The molecule has 0 radical (unpaired) electrons. The van der Waals surface area contributed by atoms with Crippen molar-refractivity contribution in [2.24, 2.45) is 7.05 Å². The van der Waals surface area contributed by atoms with Gasteiger partial charge in [0.05, 0.1) is 6.20 Å². The highest BCUT2D eigenvalue weighted by Gasteiger charge is 2.11. The average Bonchev–Trinajstić information content (AvgIpc) is 2.99. The van der Waals surface area contributed by atoms with E-state index >= 15 is 0 Å². The first-order chi connectivity index (χ1) is 12.5. The van der Waals surface area contributed by atoms with Crippen molar-refractivity contribution in [2.45, 2.75) is 6.54 Å². The normalized spacial score (nSPS) is 11.1. The lowest BCUT2D eigenvalue weighted by molar-refractivity contribution is -0.116. The lowest BCUT2D eigenvalue weighted by atomic mass is 10.2. The molecule has 1 N–H and O–H groups in total. The third-order valence-electron chi connectivity index (χ3n) is 3.94. The molecule has 1 amide bonds. The highest BCUT2D eigenvalue weighted by atomic mass is 16.4. The number of anilines is 1. The van der Waals surface area contributed by atoms with E-state index in [-0.39, 0.29) is 18.0 Å². The molecule has 3 heterocycles. The maximum Gasteiger partial charge on any atom is 0.336 e. The summed E-state index contributed by atoms with van der Waals surface area (Å²) in [6.07, 6.45) is 2.75. The van der Waals surface area contributed by atoms with Crippen LogP contribution in [0.25, 0.3) is 22.0 Å². The summed E-state index contributed by atoms with van der Waals surface area (Å²) >= 11 is 0. The first kappa shape index (κ1) is 15.8. The van der Waals surface area contributed by atoms with Crippen LogP contribution < -0.4 is 16.5 Å². The number of nitrogens with zero attached hydrogens (tertiary/aromatic N) is 4. The minimum absolute atomic E-state index is 0.182. The number of aryl methyl sites for hydroxylation is 1. The molecule has 9 nitrogen and oxygen atoms in total. The van der Waals surface area contributed by atoms with Gasteiger partial charge in [-0.1, -0.05) is 0 Å². The van der Waals surface area contributed by atoms with Gasteiger partial charge in [-0.05, 0) is 24.3 Å². The summed E-state index contributed by atoms with van der Waals surface area (Å²) in [6, 6.07) is 7.82. The quantitative estimate of drug-likeness (QED) is 0.548. The Labute approximate surface area is 145 Å². The smallest absolute Gasteiger partial charge is 0.336 e. The summed E-state index contributed by atoms with van der Waals surface area (Å²) in [5.74, 6) is -0.381. The van der Waals surface area contributed by atoms with E-state index < -0.39 is 5.63 Å². The number of carbonyl (C=O) groups excluding carboxylic acids is 1. The SMILES string of the molecule is Cn1ncc2c(=O)n(CC(=O)Nc3ccc4oc(=O)ccc4c3)cnc21. The van der Waals surface area contributed by atoms with Crippen LogP contribution in [0.4, 0.5) is 5.69 Å². The van der Waals surface area contributed by atoms with Crippen LogP contribution >= 0.6 is 0 Å². The summed E-state index contributed by atoms with van der Waals surface area (Å²) in [4.78, 5) is 40.0. The van der Waals surface area contributed by atoms with Crippen LogP contribution in [0.15, 0.2) is 56.9 Å². The molecule has 0 bridgehead atoms. The number of rotatable bonds is 3. The fourth-order valence-electron chi connectivity index (χ4n) is 2.68. The van der Waals surface area contributed by atoms with Gasteiger partial charge in [-0.15, -0.1) is 0 Å². The zero-order chi connectivity index (χ0) is 18.3. The molecule has 9 heteroatoms. The second-order valence-corrected chi connectivity index (χ2v) is 5.74. The minimum atomic E-state index is -0.438. The number of nitrogens with one attached hydrogen (secondary N) is 1. The highest BCUT2D eigenvalue weighted by molar-refractivity contribution is 5.93. The van der Waals surface area contributed by atoms with Crippen molar-refractivity contribution >= 4 is 33.6 Å². The van der Waals surface area contributed by atoms with Crippen molar-refractivity contribution < 1.29 is 9.21 Å². The molecule has 0 spiro atoms. The zero-order valence-corrected chi connectivity index (χ0v) is 13.7. The molecule has 4 rings (SSSR count). The Morgan fingerprint density at radius 3 is 2.92 bits per heavy atom. The molecule has 0 fully saturated rings. The van der Waals surface area contributed by atoms with Crippen molar-refractivity contribution in [3.8, 4) is 0 Å². The number of hydrogen-bond donors (Lipinski definition) is 1. The molecule has 0 saturated heterocycles. The third-order valence-corrected chi connectivity index (χ3v) is 3.94. The highest BCUT2D eigenvalue weighted by Crippen LogP contribution is 2.17. The van der Waals surface area contributed by atoms with Gasteiger partial charge in [0.1, 0.15) is 23.8 Å². The number of carbonyl (C=O) groups is 1. The summed E-state index contributed by atoms with van der Waals surface area (Å²) in [7, 11) is 1.69. The molecule has 0 saturated carbocycles. The Kier molecular flexibility index (Phi) is 3.61. The van der Waals surface area contributed by atoms with Gasteiger partial charge >= 0.3 is 5.63 Å². The van der Waals surface area contributed by atoms with Gasteiger partial charge in [0.25, 0.3) is 5.56 Å². The van der Waals surface area contributed by atoms with Gasteiger partial charge in [0.2, 0.25) is 5.91 Å². The van der Waals surface area contributed by atoms with E-state index in [2.05, 4.69) is 15.4 Å². The minimum Gasteiger partial charge on any atom is -0.423 e. The maximum atomic E-state index is 12.4.